The van der Waals surface area contributed by atoms with Gasteiger partial charge in [-0.15, -0.1) is 0 Å². The molecule has 0 aliphatic carbocycles. The summed E-state index contributed by atoms with van der Waals surface area (Å²) in [7, 11) is -3.71. The second kappa shape index (κ2) is 8.60. The quantitative estimate of drug-likeness (QED) is 0.807. The molecule has 1 amide bonds. The molecule has 0 spiro atoms. The molecule has 8 heteroatoms. The lowest BCUT2D eigenvalue weighted by Gasteiger charge is -2.34. The summed E-state index contributed by atoms with van der Waals surface area (Å²) in [6.45, 7) is 6.24. The Balaban J connectivity index is 1.70. The molecule has 0 unspecified atom stereocenters. The third-order valence-electron chi connectivity index (χ3n) is 4.71. The van der Waals surface area contributed by atoms with Crippen LogP contribution in [0.3, 0.4) is 0 Å². The molecule has 7 nitrogen and oxygen atoms in total. The zero-order chi connectivity index (χ0) is 19.3. The fraction of sp³-hybridized carbons (Fsp3) is 0.368. The number of likely N-dealkylation sites (N-methyl/N-ethyl adjacent to an activating group) is 1. The first-order valence-electron chi connectivity index (χ1n) is 9.00. The van der Waals surface area contributed by atoms with Crippen molar-refractivity contribution in [3.63, 3.8) is 0 Å². The second-order valence-electron chi connectivity index (χ2n) is 6.43. The molecule has 0 saturated carbocycles. The van der Waals surface area contributed by atoms with Gasteiger partial charge in [-0.2, -0.15) is 0 Å². The van der Waals surface area contributed by atoms with Crippen LogP contribution in [-0.2, 0) is 16.6 Å². The number of rotatable bonds is 6. The number of nitrogens with one attached hydrogen (secondary N) is 1. The summed E-state index contributed by atoms with van der Waals surface area (Å²) < 4.78 is 27.7. The van der Waals surface area contributed by atoms with Gasteiger partial charge in [0.2, 0.25) is 10.0 Å². The minimum atomic E-state index is -3.71. The van der Waals surface area contributed by atoms with Crippen molar-refractivity contribution < 1.29 is 13.2 Å². The molecule has 144 valence electrons. The Morgan fingerprint density at radius 2 is 1.81 bits per heavy atom. The topological polar surface area (TPSA) is 82.6 Å². The molecule has 27 heavy (non-hydrogen) atoms. The summed E-state index contributed by atoms with van der Waals surface area (Å²) in [6.07, 6.45) is 3.22. The number of benzene rings is 1. The predicted molar refractivity (Wildman–Crippen MR) is 103 cm³/mol. The number of hydrogen-bond acceptors (Lipinski definition) is 5. The summed E-state index contributed by atoms with van der Waals surface area (Å²) in [5.74, 6) is -0.128. The van der Waals surface area contributed by atoms with Gasteiger partial charge in [0.1, 0.15) is 0 Å². The van der Waals surface area contributed by atoms with Crippen molar-refractivity contribution in [1.29, 1.82) is 0 Å². The number of nitrogens with zero attached hydrogens (tertiary/aromatic N) is 3. The van der Waals surface area contributed by atoms with Crippen LogP contribution >= 0.6 is 0 Å². The molecule has 0 atom stereocenters. The van der Waals surface area contributed by atoms with E-state index in [2.05, 4.69) is 21.5 Å². The average molecular weight is 388 g/mol. The third kappa shape index (κ3) is 4.91. The van der Waals surface area contributed by atoms with E-state index in [1.54, 1.807) is 41.6 Å². The van der Waals surface area contributed by atoms with Crippen LogP contribution < -0.4 is 4.72 Å². The molecule has 1 aromatic heterocycles. The lowest BCUT2D eigenvalue weighted by atomic mass is 10.2. The van der Waals surface area contributed by atoms with Crippen LogP contribution in [0.1, 0.15) is 22.8 Å². The van der Waals surface area contributed by atoms with Crippen molar-refractivity contribution in [3.05, 3.63) is 59.9 Å². The minimum Gasteiger partial charge on any atom is -0.336 e. The number of aromatic nitrogens is 1. The van der Waals surface area contributed by atoms with Gasteiger partial charge in [0.25, 0.3) is 5.91 Å². The van der Waals surface area contributed by atoms with Gasteiger partial charge in [0.05, 0.1) is 4.90 Å². The number of sulfonamides is 1. The van der Waals surface area contributed by atoms with E-state index in [0.717, 1.165) is 25.2 Å². The van der Waals surface area contributed by atoms with Crippen LogP contribution in [-0.4, -0.2) is 61.8 Å². The van der Waals surface area contributed by atoms with Crippen molar-refractivity contribution in [3.8, 4) is 0 Å². The van der Waals surface area contributed by atoms with E-state index in [9.17, 15) is 13.2 Å². The number of carbonyl (C=O) groups excluding carboxylic acids is 1. The van der Waals surface area contributed by atoms with E-state index in [-0.39, 0.29) is 17.3 Å². The molecule has 2 heterocycles. The SMILES string of the molecule is CCN1CCN(C(=O)c2cccc(S(=O)(=O)NCc3ccncc3)c2)CC1. The normalized spacial score (nSPS) is 15.7. The van der Waals surface area contributed by atoms with E-state index in [1.165, 1.54) is 12.1 Å². The van der Waals surface area contributed by atoms with Crippen molar-refractivity contribution in [1.82, 2.24) is 19.5 Å². The highest BCUT2D eigenvalue weighted by Crippen LogP contribution is 2.15. The van der Waals surface area contributed by atoms with E-state index >= 15 is 0 Å². The Hall–Kier alpha value is -2.29. The summed E-state index contributed by atoms with van der Waals surface area (Å²) in [4.78, 5) is 20.8. The number of hydrogen-bond donors (Lipinski definition) is 1. The highest BCUT2D eigenvalue weighted by Gasteiger charge is 2.23. The van der Waals surface area contributed by atoms with Crippen LogP contribution in [0.5, 0.6) is 0 Å². The average Bonchev–Trinajstić information content (AvgIpc) is 2.73. The molecule has 2 aromatic rings. The first-order chi connectivity index (χ1) is 13.0. The van der Waals surface area contributed by atoms with Crippen molar-refractivity contribution in [2.24, 2.45) is 0 Å². The van der Waals surface area contributed by atoms with E-state index in [4.69, 9.17) is 0 Å². The van der Waals surface area contributed by atoms with E-state index in [0.29, 0.717) is 18.7 Å². The van der Waals surface area contributed by atoms with Crippen LogP contribution in [0.2, 0.25) is 0 Å². The Bertz CT molecular complexity index is 879. The number of amides is 1. The fourth-order valence-corrected chi connectivity index (χ4v) is 4.07. The summed E-state index contributed by atoms with van der Waals surface area (Å²) in [5, 5.41) is 0. The highest BCUT2D eigenvalue weighted by molar-refractivity contribution is 7.89. The lowest BCUT2D eigenvalue weighted by Crippen LogP contribution is -2.48. The van der Waals surface area contributed by atoms with Crippen LogP contribution in [0.15, 0.2) is 53.7 Å². The smallest absolute Gasteiger partial charge is 0.253 e. The molecule has 1 fully saturated rings. The highest BCUT2D eigenvalue weighted by atomic mass is 32.2. The second-order valence-corrected chi connectivity index (χ2v) is 8.20. The molecule has 1 N–H and O–H groups in total. The Morgan fingerprint density at radius 1 is 1.11 bits per heavy atom. The van der Waals surface area contributed by atoms with Crippen LogP contribution in [0.4, 0.5) is 0 Å². The van der Waals surface area contributed by atoms with E-state index < -0.39 is 10.0 Å². The largest absolute Gasteiger partial charge is 0.336 e. The predicted octanol–water partition coefficient (Wildman–Crippen LogP) is 1.34. The number of pyridine rings is 1. The van der Waals surface area contributed by atoms with Crippen molar-refractivity contribution in [2.45, 2.75) is 18.4 Å². The third-order valence-corrected chi connectivity index (χ3v) is 6.11. The minimum absolute atomic E-state index is 0.0922. The molecule has 1 aliphatic rings. The van der Waals surface area contributed by atoms with Gasteiger partial charge in [-0.3, -0.25) is 9.78 Å². The van der Waals surface area contributed by atoms with Crippen LogP contribution in [0, 0.1) is 0 Å². The Kier molecular flexibility index (Phi) is 6.20. The Labute approximate surface area is 160 Å². The molecule has 0 radical (unpaired) electrons. The number of piperazine rings is 1. The fourth-order valence-electron chi connectivity index (χ4n) is 3.01. The molecule has 1 aliphatic heterocycles. The monoisotopic (exact) mass is 388 g/mol. The van der Waals surface area contributed by atoms with Gasteiger partial charge in [-0.25, -0.2) is 13.1 Å². The van der Waals surface area contributed by atoms with Gasteiger partial charge >= 0.3 is 0 Å². The standard InChI is InChI=1S/C19H24N4O3S/c1-2-22-10-12-23(13-11-22)19(24)17-4-3-5-18(14-17)27(25,26)21-15-16-6-8-20-9-7-16/h3-9,14,21H,2,10-13,15H2,1H3. The van der Waals surface area contributed by atoms with E-state index in [1.807, 2.05) is 0 Å². The molecular weight excluding hydrogens is 364 g/mol. The molecule has 0 bridgehead atoms. The molecule has 3 rings (SSSR count). The van der Waals surface area contributed by atoms with Gasteiger partial charge in [-0.05, 0) is 42.4 Å². The maximum atomic E-state index is 12.7. The molecular formula is C19H24N4O3S. The zero-order valence-corrected chi connectivity index (χ0v) is 16.2. The molecule has 1 aromatic carbocycles. The first-order valence-corrected chi connectivity index (χ1v) is 10.5. The van der Waals surface area contributed by atoms with Gasteiger partial charge in [0, 0.05) is 50.7 Å². The zero-order valence-electron chi connectivity index (χ0n) is 15.3. The van der Waals surface area contributed by atoms with Gasteiger partial charge < -0.3 is 9.80 Å². The summed E-state index contributed by atoms with van der Waals surface area (Å²) >= 11 is 0. The maximum Gasteiger partial charge on any atom is 0.253 e. The van der Waals surface area contributed by atoms with Crippen molar-refractivity contribution >= 4 is 15.9 Å². The Morgan fingerprint density at radius 3 is 2.48 bits per heavy atom. The molecule has 1 saturated heterocycles. The van der Waals surface area contributed by atoms with Crippen molar-refractivity contribution in [2.75, 3.05) is 32.7 Å². The first kappa shape index (κ1) is 19.5. The maximum absolute atomic E-state index is 12.7. The van der Waals surface area contributed by atoms with Crippen LogP contribution in [0.25, 0.3) is 0 Å². The van der Waals surface area contributed by atoms with Gasteiger partial charge in [-0.1, -0.05) is 13.0 Å². The number of carbonyl (C=O) groups is 1. The summed E-state index contributed by atoms with van der Waals surface area (Å²) in [6, 6.07) is 9.72. The summed E-state index contributed by atoms with van der Waals surface area (Å²) in [5.41, 5.74) is 1.21. The lowest BCUT2D eigenvalue weighted by molar-refractivity contribution is 0.0643. The van der Waals surface area contributed by atoms with Gasteiger partial charge in [0.15, 0.2) is 0 Å².